The summed E-state index contributed by atoms with van der Waals surface area (Å²) in [5, 5.41) is 4.26. The van der Waals surface area contributed by atoms with Gasteiger partial charge < -0.3 is 9.73 Å². The van der Waals surface area contributed by atoms with Crippen molar-refractivity contribution in [1.29, 1.82) is 0 Å². The first-order valence-electron chi connectivity index (χ1n) is 8.04. The second kappa shape index (κ2) is 6.26. The molecule has 1 saturated heterocycles. The first-order valence-corrected chi connectivity index (χ1v) is 9.86. The van der Waals surface area contributed by atoms with Gasteiger partial charge >= 0.3 is 0 Å². The first-order chi connectivity index (χ1) is 12.4. The lowest BCUT2D eigenvalue weighted by Crippen LogP contribution is -2.51. The lowest BCUT2D eigenvalue weighted by atomic mass is 10.0. The third-order valence-electron chi connectivity index (χ3n) is 4.45. The molecule has 1 aromatic heterocycles. The number of fused-ring (bicyclic) bond motifs is 1. The molecule has 5 nitrogen and oxygen atoms in total. The molecule has 0 atom stereocenters. The normalized spacial score (nSPS) is 16.0. The van der Waals surface area contributed by atoms with Gasteiger partial charge in [0.15, 0.2) is 11.5 Å². The smallest absolute Gasteiger partial charge is 0.243 e. The van der Waals surface area contributed by atoms with E-state index in [4.69, 9.17) is 16.0 Å². The number of hydrogen-bond acceptors (Lipinski definition) is 4. The summed E-state index contributed by atoms with van der Waals surface area (Å²) in [5.41, 5.74) is 2.27. The lowest BCUT2D eigenvalue weighted by Gasteiger charge is -2.33. The Balaban J connectivity index is 1.68. The predicted molar refractivity (Wildman–Crippen MR) is 99.9 cm³/mol. The Morgan fingerprint density at radius 2 is 1.85 bits per heavy atom. The zero-order valence-corrected chi connectivity index (χ0v) is 15.4. The van der Waals surface area contributed by atoms with Gasteiger partial charge in [-0.25, -0.2) is 12.8 Å². The predicted octanol–water partition coefficient (Wildman–Crippen LogP) is 4.14. The standard InChI is InChI=1S/C18H16ClFN2O3S/c1-21-17-8-13-6-12(7-16(19)18(13)25-17)11-2-4-15(5-3-11)26(23,24)22-9-14(20)10-22/h2-8,14,21H,9-10H2,1H3. The molecule has 2 aromatic carbocycles. The molecule has 0 spiro atoms. The minimum atomic E-state index is -3.63. The van der Waals surface area contributed by atoms with Crippen LogP contribution >= 0.6 is 11.6 Å². The summed E-state index contributed by atoms with van der Waals surface area (Å²) in [4.78, 5) is 0.154. The van der Waals surface area contributed by atoms with Gasteiger partial charge in [0.25, 0.3) is 0 Å². The molecule has 2 heterocycles. The molecule has 4 rings (SSSR count). The molecule has 0 aliphatic carbocycles. The molecule has 1 aliphatic heterocycles. The minimum absolute atomic E-state index is 0.0787. The molecule has 26 heavy (non-hydrogen) atoms. The number of anilines is 1. The molecule has 1 N–H and O–H groups in total. The molecular weight excluding hydrogens is 379 g/mol. The largest absolute Gasteiger partial charge is 0.439 e. The van der Waals surface area contributed by atoms with Crippen LogP contribution < -0.4 is 5.32 Å². The average Bonchev–Trinajstić information content (AvgIpc) is 3.03. The average molecular weight is 395 g/mol. The van der Waals surface area contributed by atoms with Gasteiger partial charge in [-0.05, 0) is 35.4 Å². The van der Waals surface area contributed by atoms with Crippen molar-refractivity contribution in [2.45, 2.75) is 11.1 Å². The molecular formula is C18H16ClFN2O3S. The Bertz CT molecular complexity index is 1070. The minimum Gasteiger partial charge on any atom is -0.439 e. The van der Waals surface area contributed by atoms with Crippen LogP contribution in [0.3, 0.4) is 0 Å². The van der Waals surface area contributed by atoms with E-state index in [-0.39, 0.29) is 18.0 Å². The van der Waals surface area contributed by atoms with Crippen molar-refractivity contribution in [1.82, 2.24) is 4.31 Å². The molecule has 0 bridgehead atoms. The highest BCUT2D eigenvalue weighted by atomic mass is 35.5. The summed E-state index contributed by atoms with van der Waals surface area (Å²) in [6.45, 7) is -0.157. The fraction of sp³-hybridized carbons (Fsp3) is 0.222. The van der Waals surface area contributed by atoms with E-state index in [1.54, 1.807) is 25.2 Å². The van der Waals surface area contributed by atoms with E-state index in [1.165, 1.54) is 12.1 Å². The van der Waals surface area contributed by atoms with Crippen LogP contribution in [0.5, 0.6) is 0 Å². The molecule has 136 valence electrons. The number of nitrogens with zero attached hydrogens (tertiary/aromatic N) is 1. The van der Waals surface area contributed by atoms with Crippen LogP contribution in [0.25, 0.3) is 22.1 Å². The zero-order valence-electron chi connectivity index (χ0n) is 13.9. The van der Waals surface area contributed by atoms with Crippen LogP contribution in [0, 0.1) is 0 Å². The van der Waals surface area contributed by atoms with Crippen molar-refractivity contribution in [3.63, 3.8) is 0 Å². The van der Waals surface area contributed by atoms with E-state index in [1.807, 2.05) is 12.1 Å². The Morgan fingerprint density at radius 3 is 2.46 bits per heavy atom. The number of sulfonamides is 1. The number of hydrogen-bond donors (Lipinski definition) is 1. The van der Waals surface area contributed by atoms with Crippen LogP contribution in [0.1, 0.15) is 0 Å². The number of alkyl halides is 1. The molecule has 1 aliphatic rings. The van der Waals surface area contributed by atoms with Gasteiger partial charge in [-0.3, -0.25) is 0 Å². The van der Waals surface area contributed by atoms with Crippen molar-refractivity contribution in [2.75, 3.05) is 25.5 Å². The number of halogens is 2. The van der Waals surface area contributed by atoms with Crippen molar-refractivity contribution in [2.24, 2.45) is 0 Å². The van der Waals surface area contributed by atoms with Gasteiger partial charge in [-0.2, -0.15) is 4.31 Å². The highest BCUT2D eigenvalue weighted by Crippen LogP contribution is 2.35. The summed E-state index contributed by atoms with van der Waals surface area (Å²) in [6.07, 6.45) is -1.07. The fourth-order valence-electron chi connectivity index (χ4n) is 2.95. The van der Waals surface area contributed by atoms with Gasteiger partial charge in [-0.15, -0.1) is 0 Å². The van der Waals surface area contributed by atoms with Crippen LogP contribution in [-0.4, -0.2) is 39.0 Å². The third-order valence-corrected chi connectivity index (χ3v) is 6.57. The van der Waals surface area contributed by atoms with Crippen molar-refractivity contribution in [3.8, 4) is 11.1 Å². The Morgan fingerprint density at radius 1 is 1.15 bits per heavy atom. The van der Waals surface area contributed by atoms with Crippen LogP contribution in [0.4, 0.5) is 10.3 Å². The van der Waals surface area contributed by atoms with E-state index >= 15 is 0 Å². The Labute approximate surface area is 155 Å². The maximum absolute atomic E-state index is 13.0. The number of benzene rings is 2. The molecule has 8 heteroatoms. The lowest BCUT2D eigenvalue weighted by molar-refractivity contribution is 0.141. The maximum Gasteiger partial charge on any atom is 0.243 e. The summed E-state index contributed by atoms with van der Waals surface area (Å²) in [6, 6.07) is 12.1. The van der Waals surface area contributed by atoms with Gasteiger partial charge in [0.2, 0.25) is 10.0 Å². The Kier molecular flexibility index (Phi) is 4.17. The van der Waals surface area contributed by atoms with Crippen LogP contribution in [0.2, 0.25) is 5.02 Å². The molecule has 3 aromatic rings. The summed E-state index contributed by atoms with van der Waals surface area (Å²) >= 11 is 6.31. The van der Waals surface area contributed by atoms with E-state index in [0.29, 0.717) is 16.5 Å². The maximum atomic E-state index is 13.0. The summed E-state index contributed by atoms with van der Waals surface area (Å²) < 4.78 is 44.5. The van der Waals surface area contributed by atoms with Gasteiger partial charge in [0, 0.05) is 31.6 Å². The van der Waals surface area contributed by atoms with Gasteiger partial charge in [0.05, 0.1) is 9.92 Å². The van der Waals surface area contributed by atoms with E-state index in [9.17, 15) is 12.8 Å². The second-order valence-electron chi connectivity index (χ2n) is 6.18. The van der Waals surface area contributed by atoms with Crippen molar-refractivity contribution in [3.05, 3.63) is 47.5 Å². The molecule has 0 amide bonds. The number of nitrogens with one attached hydrogen (secondary N) is 1. The van der Waals surface area contributed by atoms with E-state index in [2.05, 4.69) is 5.32 Å². The quantitative estimate of drug-likeness (QED) is 0.722. The van der Waals surface area contributed by atoms with Crippen molar-refractivity contribution < 1.29 is 17.2 Å². The fourth-order valence-corrected chi connectivity index (χ4v) is 4.71. The second-order valence-corrected chi connectivity index (χ2v) is 8.53. The topological polar surface area (TPSA) is 62.6 Å². The highest BCUT2D eigenvalue weighted by Gasteiger charge is 2.36. The Hall–Kier alpha value is -2.09. The molecule has 0 radical (unpaired) electrons. The SMILES string of the molecule is CNc1cc2cc(-c3ccc(S(=O)(=O)N4CC(F)C4)cc3)cc(Cl)c2o1. The molecule has 1 fully saturated rings. The summed E-state index contributed by atoms with van der Waals surface area (Å²) in [5.74, 6) is 0.612. The first kappa shape index (κ1) is 17.3. The summed E-state index contributed by atoms with van der Waals surface area (Å²) in [7, 11) is -1.87. The molecule has 0 unspecified atom stereocenters. The van der Waals surface area contributed by atoms with Crippen molar-refractivity contribution >= 4 is 38.5 Å². The monoisotopic (exact) mass is 394 g/mol. The third kappa shape index (κ3) is 2.86. The number of furan rings is 1. The number of rotatable bonds is 4. The molecule has 0 saturated carbocycles. The van der Waals surface area contributed by atoms with Gasteiger partial charge in [0.1, 0.15) is 6.17 Å². The zero-order chi connectivity index (χ0) is 18.5. The van der Waals surface area contributed by atoms with Crippen LogP contribution in [-0.2, 0) is 10.0 Å². The van der Waals surface area contributed by atoms with E-state index in [0.717, 1.165) is 20.8 Å². The van der Waals surface area contributed by atoms with E-state index < -0.39 is 16.2 Å². The highest BCUT2D eigenvalue weighted by molar-refractivity contribution is 7.89. The van der Waals surface area contributed by atoms with Crippen LogP contribution in [0.15, 0.2) is 51.8 Å². The van der Waals surface area contributed by atoms with Gasteiger partial charge in [-0.1, -0.05) is 23.7 Å².